The number of methoxy groups -OCH3 is 1. The number of para-hydroxylation sites is 2. The summed E-state index contributed by atoms with van der Waals surface area (Å²) in [6.07, 6.45) is 1.66. The van der Waals surface area contributed by atoms with Crippen molar-refractivity contribution < 1.29 is 9.53 Å². The van der Waals surface area contributed by atoms with Gasteiger partial charge in [0.15, 0.2) is 0 Å². The van der Waals surface area contributed by atoms with E-state index in [0.717, 1.165) is 28.1 Å². The van der Waals surface area contributed by atoms with E-state index in [1.807, 2.05) is 55.5 Å². The molecule has 1 N–H and O–H groups in total. The summed E-state index contributed by atoms with van der Waals surface area (Å²) in [4.78, 5) is 16.4. The molecule has 1 amide bonds. The van der Waals surface area contributed by atoms with Gasteiger partial charge in [-0.1, -0.05) is 12.1 Å². The van der Waals surface area contributed by atoms with Crippen molar-refractivity contribution >= 4 is 22.7 Å². The lowest BCUT2D eigenvalue weighted by Gasteiger charge is -2.05. The van der Waals surface area contributed by atoms with E-state index in [9.17, 15) is 4.79 Å². The fourth-order valence-electron chi connectivity index (χ4n) is 2.37. The molecule has 1 aromatic heterocycles. The molecule has 0 saturated heterocycles. The highest BCUT2D eigenvalue weighted by atomic mass is 16.5. The van der Waals surface area contributed by atoms with Crippen molar-refractivity contribution in [2.45, 2.75) is 13.5 Å². The van der Waals surface area contributed by atoms with Crippen molar-refractivity contribution in [1.82, 2.24) is 15.0 Å². The number of carbonyl (C=O) groups excluding carboxylic acids is 1. The molecule has 0 aliphatic heterocycles. The van der Waals surface area contributed by atoms with Crippen LogP contribution in [0.1, 0.15) is 12.5 Å². The lowest BCUT2D eigenvalue weighted by molar-refractivity contribution is -0.121. The van der Waals surface area contributed by atoms with Crippen molar-refractivity contribution in [3.05, 3.63) is 60.4 Å². The molecule has 0 spiro atoms. The lowest BCUT2D eigenvalue weighted by Crippen LogP contribution is -2.24. The van der Waals surface area contributed by atoms with E-state index in [2.05, 4.69) is 15.5 Å². The van der Waals surface area contributed by atoms with Crippen LogP contribution >= 0.6 is 0 Å². The summed E-state index contributed by atoms with van der Waals surface area (Å²) >= 11 is 0. The van der Waals surface area contributed by atoms with E-state index in [1.165, 1.54) is 0 Å². The second-order valence-electron chi connectivity index (χ2n) is 5.32. The molecule has 6 nitrogen and oxygen atoms in total. The smallest absolute Gasteiger partial charge is 0.260 e. The highest BCUT2D eigenvalue weighted by Gasteiger charge is 2.06. The number of imidazole rings is 1. The van der Waals surface area contributed by atoms with Crippen LogP contribution in [0.2, 0.25) is 0 Å². The third kappa shape index (κ3) is 3.43. The summed E-state index contributed by atoms with van der Waals surface area (Å²) in [6.45, 7) is 2.01. The molecular formula is C18H18N4O2. The largest absolute Gasteiger partial charge is 0.497 e. The second kappa shape index (κ2) is 6.95. The molecular weight excluding hydrogens is 304 g/mol. The minimum Gasteiger partial charge on any atom is -0.497 e. The molecule has 122 valence electrons. The first-order chi connectivity index (χ1) is 11.7. The Kier molecular flexibility index (Phi) is 4.56. The molecule has 0 aliphatic carbocycles. The quantitative estimate of drug-likeness (QED) is 0.580. The van der Waals surface area contributed by atoms with Gasteiger partial charge in [-0.3, -0.25) is 4.79 Å². The first kappa shape index (κ1) is 15.7. The van der Waals surface area contributed by atoms with E-state index < -0.39 is 0 Å². The Morgan fingerprint density at radius 2 is 1.96 bits per heavy atom. The monoisotopic (exact) mass is 322 g/mol. The van der Waals surface area contributed by atoms with Gasteiger partial charge >= 0.3 is 0 Å². The molecule has 0 aliphatic rings. The predicted octanol–water partition coefficient (Wildman–Crippen LogP) is 2.59. The predicted molar refractivity (Wildman–Crippen MR) is 93.1 cm³/mol. The summed E-state index contributed by atoms with van der Waals surface area (Å²) in [5.74, 6) is 0.577. The zero-order valence-electron chi connectivity index (χ0n) is 13.6. The average Bonchev–Trinajstić information content (AvgIpc) is 3.03. The zero-order valence-corrected chi connectivity index (χ0v) is 13.6. The topological polar surface area (TPSA) is 68.5 Å². The molecule has 0 atom stereocenters. The van der Waals surface area contributed by atoms with Crippen molar-refractivity contribution in [3.8, 4) is 5.75 Å². The Morgan fingerprint density at radius 1 is 1.21 bits per heavy atom. The van der Waals surface area contributed by atoms with E-state index in [4.69, 9.17) is 4.74 Å². The first-order valence-electron chi connectivity index (χ1n) is 7.55. The SMILES string of the molecule is COc1ccc(/C(C)=N\NC(=O)Cn2cnc3ccccc32)cc1. The lowest BCUT2D eigenvalue weighted by atomic mass is 10.1. The number of hydrogen-bond donors (Lipinski definition) is 1. The van der Waals surface area contributed by atoms with Crippen molar-refractivity contribution in [2.75, 3.05) is 7.11 Å². The summed E-state index contributed by atoms with van der Waals surface area (Å²) in [5, 5.41) is 4.15. The first-order valence-corrected chi connectivity index (χ1v) is 7.55. The number of aromatic nitrogens is 2. The highest BCUT2D eigenvalue weighted by molar-refractivity contribution is 5.99. The number of fused-ring (bicyclic) bond motifs is 1. The molecule has 24 heavy (non-hydrogen) atoms. The fraction of sp³-hybridized carbons (Fsp3) is 0.167. The van der Waals surface area contributed by atoms with E-state index in [1.54, 1.807) is 18.0 Å². The van der Waals surface area contributed by atoms with Crippen molar-refractivity contribution in [1.29, 1.82) is 0 Å². The molecule has 0 saturated carbocycles. The second-order valence-corrected chi connectivity index (χ2v) is 5.32. The number of nitrogens with one attached hydrogen (secondary N) is 1. The van der Waals surface area contributed by atoms with Gasteiger partial charge in [-0.2, -0.15) is 5.10 Å². The molecule has 0 unspecified atom stereocenters. The molecule has 0 bridgehead atoms. The van der Waals surface area contributed by atoms with Gasteiger partial charge in [0.25, 0.3) is 5.91 Å². The van der Waals surface area contributed by atoms with Gasteiger partial charge < -0.3 is 9.30 Å². The van der Waals surface area contributed by atoms with Crippen LogP contribution in [0.15, 0.2) is 60.0 Å². The number of ether oxygens (including phenoxy) is 1. The third-order valence-electron chi connectivity index (χ3n) is 3.70. The number of nitrogens with zero attached hydrogens (tertiary/aromatic N) is 3. The van der Waals surface area contributed by atoms with Gasteiger partial charge in [-0.25, -0.2) is 10.4 Å². The molecule has 0 fully saturated rings. The van der Waals surface area contributed by atoms with Crippen LogP contribution in [-0.4, -0.2) is 28.3 Å². The fourth-order valence-corrected chi connectivity index (χ4v) is 2.37. The van der Waals surface area contributed by atoms with Crippen LogP contribution < -0.4 is 10.2 Å². The summed E-state index contributed by atoms with van der Waals surface area (Å²) in [6, 6.07) is 15.2. The molecule has 3 aromatic rings. The van der Waals surface area contributed by atoms with Crippen molar-refractivity contribution in [2.24, 2.45) is 5.10 Å². The van der Waals surface area contributed by atoms with Gasteiger partial charge in [0.2, 0.25) is 0 Å². The maximum absolute atomic E-state index is 12.1. The number of benzene rings is 2. The van der Waals surface area contributed by atoms with Crippen LogP contribution in [0.25, 0.3) is 11.0 Å². The Hall–Kier alpha value is -3.15. The zero-order chi connectivity index (χ0) is 16.9. The molecule has 6 heteroatoms. The van der Waals surface area contributed by atoms with Gasteiger partial charge in [-0.05, 0) is 48.9 Å². The summed E-state index contributed by atoms with van der Waals surface area (Å²) < 4.78 is 6.92. The van der Waals surface area contributed by atoms with E-state index >= 15 is 0 Å². The normalized spacial score (nSPS) is 11.5. The van der Waals surface area contributed by atoms with Gasteiger partial charge in [0, 0.05) is 0 Å². The standard InChI is InChI=1S/C18H18N4O2/c1-13(14-7-9-15(24-2)10-8-14)20-21-18(23)11-22-12-19-16-5-3-4-6-17(16)22/h3-10,12H,11H2,1-2H3,(H,21,23)/b20-13-. The number of amides is 1. The summed E-state index contributed by atoms with van der Waals surface area (Å²) in [5.41, 5.74) is 6.01. The minimum atomic E-state index is -0.203. The van der Waals surface area contributed by atoms with E-state index in [0.29, 0.717) is 0 Å². The van der Waals surface area contributed by atoms with E-state index in [-0.39, 0.29) is 12.5 Å². The summed E-state index contributed by atoms with van der Waals surface area (Å²) in [7, 11) is 1.62. The number of hydrazone groups is 1. The van der Waals surface area contributed by atoms with Crippen molar-refractivity contribution in [3.63, 3.8) is 0 Å². The Balaban J connectivity index is 1.65. The Labute approximate surface area is 139 Å². The maximum Gasteiger partial charge on any atom is 0.260 e. The molecule has 0 radical (unpaired) electrons. The molecule has 1 heterocycles. The van der Waals surface area contributed by atoms with Crippen LogP contribution in [0.3, 0.4) is 0 Å². The van der Waals surface area contributed by atoms with Crippen LogP contribution in [0, 0.1) is 0 Å². The number of rotatable bonds is 5. The van der Waals surface area contributed by atoms with Gasteiger partial charge in [0.05, 0.1) is 30.2 Å². The minimum absolute atomic E-state index is 0.167. The third-order valence-corrected chi connectivity index (χ3v) is 3.70. The molecule has 2 aromatic carbocycles. The number of carbonyl (C=O) groups is 1. The van der Waals surface area contributed by atoms with Crippen LogP contribution in [-0.2, 0) is 11.3 Å². The maximum atomic E-state index is 12.1. The van der Waals surface area contributed by atoms with Crippen LogP contribution in [0.4, 0.5) is 0 Å². The van der Waals surface area contributed by atoms with Gasteiger partial charge in [-0.15, -0.1) is 0 Å². The van der Waals surface area contributed by atoms with Gasteiger partial charge in [0.1, 0.15) is 12.3 Å². The highest BCUT2D eigenvalue weighted by Crippen LogP contribution is 2.12. The number of hydrogen-bond acceptors (Lipinski definition) is 4. The Bertz CT molecular complexity index is 881. The van der Waals surface area contributed by atoms with Crippen LogP contribution in [0.5, 0.6) is 5.75 Å². The Morgan fingerprint density at radius 3 is 2.71 bits per heavy atom. The average molecular weight is 322 g/mol. The molecule has 3 rings (SSSR count).